The zero-order valence-electron chi connectivity index (χ0n) is 38.8. The van der Waals surface area contributed by atoms with Gasteiger partial charge in [0.1, 0.15) is 36.8 Å². The maximum Gasteiger partial charge on any atom is 0.472 e. The van der Waals surface area contributed by atoms with Crippen molar-refractivity contribution in [3.8, 4) is 0 Å². The lowest BCUT2D eigenvalue weighted by atomic mass is 9.84. The van der Waals surface area contributed by atoms with Crippen LogP contribution in [0.5, 0.6) is 0 Å². The number of aliphatic hydroxyl groups is 6. The number of phosphoric ester groups is 2. The molecule has 12 atom stereocenters. The standard InChI is InChI=1S/C45H80O19P2/c1-3-5-7-8-9-10-11-12-13-14-15-16-21-25-38(49)60-30-33-31-61-66(58,59)64-45-43(54)42(53)40(51)34(24-20-17-18-22-26-39(50)62-33)36(47)29-37(48)35(28-27-32(46)23-19-6-4-2)41(52)44(45)63-65(55,56)57/h17,20,27-28,32-35,37,40-46,48,51-54H,3-16,18-19,21-26,29-31H2,1-2H3,(H,58,59)(H2,55,56,57)/b20-17-,28-27+/t32-,33+,34-,35-,37+,40+,41+,42-,43+,44+,45-/m0/s1. The maximum absolute atomic E-state index is 13.7. The Labute approximate surface area is 390 Å². The number of rotatable bonds is 24. The normalized spacial score (nSPS) is 31.2. The van der Waals surface area contributed by atoms with Gasteiger partial charge in [0.05, 0.1) is 31.0 Å². The molecule has 1 heterocycles. The summed E-state index contributed by atoms with van der Waals surface area (Å²) >= 11 is 0. The number of allylic oxidation sites excluding steroid dienone is 2. The van der Waals surface area contributed by atoms with Crippen LogP contribution < -0.4 is 0 Å². The molecule has 2 bridgehead atoms. The fraction of sp³-hybridized carbons (Fsp3) is 0.844. The fourth-order valence-corrected chi connectivity index (χ4v) is 9.55. The molecule has 0 aromatic carbocycles. The van der Waals surface area contributed by atoms with Gasteiger partial charge in [-0.1, -0.05) is 134 Å². The van der Waals surface area contributed by atoms with Gasteiger partial charge in [-0.25, -0.2) is 9.13 Å². The van der Waals surface area contributed by atoms with Crippen molar-refractivity contribution in [2.45, 2.75) is 216 Å². The van der Waals surface area contributed by atoms with E-state index in [1.165, 1.54) is 57.4 Å². The molecule has 21 heteroatoms. The predicted octanol–water partition coefficient (Wildman–Crippen LogP) is 5.54. The van der Waals surface area contributed by atoms with Crippen LogP contribution in [0.25, 0.3) is 0 Å². The van der Waals surface area contributed by atoms with Crippen LogP contribution in [0.15, 0.2) is 24.3 Å². The number of hydrogen-bond acceptors (Lipinski definition) is 16. The van der Waals surface area contributed by atoms with Gasteiger partial charge >= 0.3 is 27.6 Å². The summed E-state index contributed by atoms with van der Waals surface area (Å²) in [5.74, 6) is -5.64. The van der Waals surface area contributed by atoms with E-state index >= 15 is 0 Å². The van der Waals surface area contributed by atoms with Crippen molar-refractivity contribution in [2.75, 3.05) is 13.2 Å². The first kappa shape index (κ1) is 60.2. The van der Waals surface area contributed by atoms with Gasteiger partial charge in [-0.2, -0.15) is 0 Å². The number of cyclic esters (lactones) is 1. The number of esters is 2. The van der Waals surface area contributed by atoms with Crippen LogP contribution in [0.4, 0.5) is 0 Å². The van der Waals surface area contributed by atoms with Crippen LogP contribution >= 0.6 is 15.6 Å². The highest BCUT2D eigenvalue weighted by Gasteiger charge is 2.51. The molecule has 1 unspecified atom stereocenters. The minimum atomic E-state index is -5.78. The number of phosphoric acid groups is 2. The van der Waals surface area contributed by atoms with Crippen LogP contribution in [0.3, 0.4) is 0 Å². The Bertz CT molecular complexity index is 1540. The number of fused-ring (bicyclic) bond motifs is 4. The average molecular weight is 987 g/mol. The molecule has 2 rings (SSSR count). The molecule has 66 heavy (non-hydrogen) atoms. The Morgan fingerprint density at radius 2 is 1.44 bits per heavy atom. The minimum Gasteiger partial charge on any atom is -0.462 e. The summed E-state index contributed by atoms with van der Waals surface area (Å²) in [4.78, 5) is 70.2. The summed E-state index contributed by atoms with van der Waals surface area (Å²) in [6.45, 7) is 2.54. The second-order valence-electron chi connectivity index (χ2n) is 17.6. The smallest absolute Gasteiger partial charge is 0.462 e. The number of ether oxygens (including phenoxy) is 2. The van der Waals surface area contributed by atoms with Crippen molar-refractivity contribution in [1.82, 2.24) is 0 Å². The molecule has 0 spiro atoms. The van der Waals surface area contributed by atoms with Gasteiger partial charge in [0, 0.05) is 31.1 Å². The van der Waals surface area contributed by atoms with Crippen LogP contribution in [0.1, 0.15) is 162 Å². The van der Waals surface area contributed by atoms with E-state index in [9.17, 15) is 68.8 Å². The van der Waals surface area contributed by atoms with Crippen molar-refractivity contribution in [3.63, 3.8) is 0 Å². The van der Waals surface area contributed by atoms with Gasteiger partial charge in [-0.05, 0) is 32.1 Å². The van der Waals surface area contributed by atoms with Gasteiger partial charge in [0.15, 0.2) is 6.10 Å². The first-order valence-electron chi connectivity index (χ1n) is 24.0. The van der Waals surface area contributed by atoms with Crippen molar-refractivity contribution in [3.05, 3.63) is 24.3 Å². The third-order valence-electron chi connectivity index (χ3n) is 11.9. The van der Waals surface area contributed by atoms with Crippen molar-refractivity contribution < 1.29 is 91.9 Å². The fourth-order valence-electron chi connectivity index (χ4n) is 8.02. The van der Waals surface area contributed by atoms with Gasteiger partial charge in [0.2, 0.25) is 0 Å². The highest BCUT2D eigenvalue weighted by molar-refractivity contribution is 7.47. The van der Waals surface area contributed by atoms with E-state index in [0.717, 1.165) is 50.7 Å². The lowest BCUT2D eigenvalue weighted by molar-refractivity contribution is -0.165. The molecule has 2 aliphatic rings. The molecule has 19 nitrogen and oxygen atoms in total. The summed E-state index contributed by atoms with van der Waals surface area (Å²) in [6.07, 6.45) is 1.62. The third kappa shape index (κ3) is 24.6. The maximum atomic E-state index is 13.7. The lowest BCUT2D eigenvalue weighted by Gasteiger charge is -2.38. The van der Waals surface area contributed by atoms with E-state index in [1.807, 2.05) is 6.92 Å². The molecule has 0 radical (unpaired) electrons. The third-order valence-corrected chi connectivity index (χ3v) is 13.4. The number of carbonyl (C=O) groups excluding carboxylic acids is 3. The van der Waals surface area contributed by atoms with E-state index < -0.39 is 120 Å². The Hall–Kier alpha value is -1.93. The molecular formula is C45H80O19P2. The van der Waals surface area contributed by atoms with Crippen LogP contribution in [-0.4, -0.2) is 131 Å². The predicted molar refractivity (Wildman–Crippen MR) is 242 cm³/mol. The van der Waals surface area contributed by atoms with Gasteiger partial charge in [0.25, 0.3) is 0 Å². The first-order valence-corrected chi connectivity index (χ1v) is 27.0. The molecular weight excluding hydrogens is 906 g/mol. The van der Waals surface area contributed by atoms with E-state index in [4.69, 9.17) is 23.0 Å². The highest BCUT2D eigenvalue weighted by Crippen LogP contribution is 2.49. The van der Waals surface area contributed by atoms with Gasteiger partial charge in [-0.15, -0.1) is 0 Å². The van der Waals surface area contributed by atoms with E-state index in [0.29, 0.717) is 12.8 Å². The Morgan fingerprint density at radius 1 is 0.848 bits per heavy atom. The summed E-state index contributed by atoms with van der Waals surface area (Å²) in [5, 5.41) is 68.0. The molecule has 1 fully saturated rings. The molecule has 0 amide bonds. The summed E-state index contributed by atoms with van der Waals surface area (Å²) in [6, 6.07) is 0. The zero-order chi connectivity index (χ0) is 49.1. The molecule has 1 aliphatic carbocycles. The Balaban J connectivity index is 2.35. The van der Waals surface area contributed by atoms with Gasteiger partial charge in [-0.3, -0.25) is 28.0 Å². The Morgan fingerprint density at radius 3 is 2.05 bits per heavy atom. The van der Waals surface area contributed by atoms with Crippen LogP contribution in [-0.2, 0) is 46.6 Å². The summed E-state index contributed by atoms with van der Waals surface area (Å²) in [7, 11) is -11.5. The molecule has 9 N–H and O–H groups in total. The number of carbonyl (C=O) groups is 3. The summed E-state index contributed by atoms with van der Waals surface area (Å²) in [5.41, 5.74) is 0. The largest absolute Gasteiger partial charge is 0.472 e. The average Bonchev–Trinajstić information content (AvgIpc) is 3.25. The molecule has 384 valence electrons. The van der Waals surface area contributed by atoms with Crippen molar-refractivity contribution in [1.29, 1.82) is 0 Å². The van der Waals surface area contributed by atoms with Gasteiger partial charge < -0.3 is 54.8 Å². The topological polar surface area (TPSA) is 314 Å². The molecule has 0 aromatic heterocycles. The van der Waals surface area contributed by atoms with Crippen LogP contribution in [0, 0.1) is 11.8 Å². The monoisotopic (exact) mass is 986 g/mol. The number of hydrogen-bond donors (Lipinski definition) is 9. The molecule has 1 aliphatic heterocycles. The lowest BCUT2D eigenvalue weighted by Crippen LogP contribution is -2.56. The van der Waals surface area contributed by atoms with E-state index in [1.54, 1.807) is 6.08 Å². The molecule has 0 aromatic rings. The number of aliphatic hydroxyl groups excluding tert-OH is 6. The number of ketones is 1. The van der Waals surface area contributed by atoms with E-state index in [-0.39, 0.29) is 38.5 Å². The summed E-state index contributed by atoms with van der Waals surface area (Å²) < 4.78 is 52.0. The molecule has 0 saturated heterocycles. The number of unbranched alkanes of at least 4 members (excludes halogenated alkanes) is 14. The van der Waals surface area contributed by atoms with E-state index in [2.05, 4.69) is 6.92 Å². The van der Waals surface area contributed by atoms with Crippen molar-refractivity contribution >= 4 is 33.4 Å². The highest BCUT2D eigenvalue weighted by atomic mass is 31.2. The Kier molecular flexibility index (Phi) is 29.9. The van der Waals surface area contributed by atoms with Crippen LogP contribution in [0.2, 0.25) is 0 Å². The van der Waals surface area contributed by atoms with Crippen molar-refractivity contribution in [2.24, 2.45) is 11.8 Å². The SMILES string of the molecule is CCCCCCCCCCCCCCCC(=O)OC[C@@H]1COP(=O)(O)O[C@H]2[C@H](O)[C@@H](O)[C@H](O)[C@@H](C/C=C\CCCC(=O)O1)C(=O)C[C@@H](O)[C@H](/C=C/[C@@H](O)CCCCC)[C@@H](O)[C@H]2OP(=O)(O)O. The minimum absolute atomic E-state index is 0.0550. The quantitative estimate of drug-likeness (QED) is 0.0248. The first-order chi connectivity index (χ1) is 31.3. The zero-order valence-corrected chi connectivity index (χ0v) is 40.6. The molecule has 1 saturated carbocycles. The number of Topliss-reactive ketones (excluding diaryl/α,β-unsaturated/α-hetero) is 1. The second kappa shape index (κ2) is 32.8. The second-order valence-corrected chi connectivity index (χ2v) is 20.2.